The van der Waals surface area contributed by atoms with E-state index in [-0.39, 0.29) is 0 Å². The molecule has 0 aliphatic rings. The maximum Gasteiger partial charge on any atom is 0.209 e. The van der Waals surface area contributed by atoms with Crippen LogP contribution in [0.25, 0.3) is 0 Å². The zero-order valence-electron chi connectivity index (χ0n) is 10.2. The first-order valence-electron chi connectivity index (χ1n) is 5.40. The summed E-state index contributed by atoms with van der Waals surface area (Å²) in [5.74, 6) is 0.668. The lowest BCUT2D eigenvalue weighted by atomic mass is 10.4. The van der Waals surface area contributed by atoms with Crippen LogP contribution in [0.5, 0.6) is 0 Å². The molecule has 0 fully saturated rings. The van der Waals surface area contributed by atoms with E-state index in [0.717, 1.165) is 16.5 Å². The van der Waals surface area contributed by atoms with Crippen LogP contribution < -0.4 is 5.73 Å². The van der Waals surface area contributed by atoms with E-state index in [2.05, 4.69) is 20.6 Å². The molecule has 0 amide bonds. The Labute approximate surface area is 114 Å². The van der Waals surface area contributed by atoms with Gasteiger partial charge in [0.2, 0.25) is 5.16 Å². The van der Waals surface area contributed by atoms with Gasteiger partial charge in [-0.15, -0.1) is 5.10 Å². The molecule has 0 aromatic carbocycles. The molecular formula is C9H14ClN7S. The Hall–Kier alpha value is -1.12. The van der Waals surface area contributed by atoms with Gasteiger partial charge in [0.05, 0.1) is 23.0 Å². The van der Waals surface area contributed by atoms with E-state index >= 15 is 0 Å². The van der Waals surface area contributed by atoms with Gasteiger partial charge in [-0.3, -0.25) is 4.68 Å². The number of tetrazole rings is 1. The molecule has 0 aliphatic carbocycles. The van der Waals surface area contributed by atoms with Crippen molar-refractivity contribution < 1.29 is 0 Å². The minimum Gasteiger partial charge on any atom is -0.329 e. The van der Waals surface area contributed by atoms with Crippen LogP contribution in [0.4, 0.5) is 0 Å². The lowest BCUT2D eigenvalue weighted by Gasteiger charge is -2.03. The number of hydrogen-bond acceptors (Lipinski definition) is 6. The third-order valence-electron chi connectivity index (χ3n) is 2.44. The van der Waals surface area contributed by atoms with Crippen LogP contribution in [0.1, 0.15) is 11.4 Å². The highest BCUT2D eigenvalue weighted by Crippen LogP contribution is 2.26. The topological polar surface area (TPSA) is 87.4 Å². The Morgan fingerprint density at radius 1 is 1.44 bits per heavy atom. The molecule has 18 heavy (non-hydrogen) atoms. The van der Waals surface area contributed by atoms with E-state index in [4.69, 9.17) is 17.3 Å². The van der Waals surface area contributed by atoms with E-state index in [0.29, 0.717) is 23.9 Å². The van der Waals surface area contributed by atoms with Gasteiger partial charge in [-0.2, -0.15) is 5.10 Å². The molecule has 0 unspecified atom stereocenters. The van der Waals surface area contributed by atoms with Crippen molar-refractivity contribution >= 4 is 23.4 Å². The Balaban J connectivity index is 2.09. The normalized spacial score (nSPS) is 11.1. The average molecular weight is 288 g/mol. The number of nitrogens with two attached hydrogens (primary N) is 1. The highest BCUT2D eigenvalue weighted by Gasteiger charge is 2.13. The van der Waals surface area contributed by atoms with Gasteiger partial charge in [-0.1, -0.05) is 23.4 Å². The first kappa shape index (κ1) is 13.3. The number of nitrogens with zero attached hydrogens (tertiary/aromatic N) is 6. The zero-order chi connectivity index (χ0) is 13.1. The van der Waals surface area contributed by atoms with Crippen LogP contribution >= 0.6 is 23.4 Å². The summed E-state index contributed by atoms with van der Waals surface area (Å²) in [6.45, 7) is 2.99. The molecule has 0 saturated carbocycles. The third-order valence-corrected chi connectivity index (χ3v) is 3.90. The summed E-state index contributed by atoms with van der Waals surface area (Å²) in [5, 5.41) is 17.1. The van der Waals surface area contributed by atoms with Crippen molar-refractivity contribution in [2.75, 3.05) is 6.54 Å². The highest BCUT2D eigenvalue weighted by molar-refractivity contribution is 7.98. The Kier molecular flexibility index (Phi) is 4.20. The zero-order valence-corrected chi connectivity index (χ0v) is 11.7. The lowest BCUT2D eigenvalue weighted by Crippen LogP contribution is -2.12. The van der Waals surface area contributed by atoms with Crippen LogP contribution in [0.3, 0.4) is 0 Å². The van der Waals surface area contributed by atoms with Crippen molar-refractivity contribution in [1.29, 1.82) is 0 Å². The SMILES string of the molecule is Cc1nn(C)c(CSc2nnnn2CCN)c1Cl. The molecule has 98 valence electrons. The monoisotopic (exact) mass is 287 g/mol. The summed E-state index contributed by atoms with van der Waals surface area (Å²) in [4.78, 5) is 0. The second-order valence-electron chi connectivity index (χ2n) is 3.73. The second kappa shape index (κ2) is 5.68. The first-order chi connectivity index (χ1) is 8.63. The van der Waals surface area contributed by atoms with E-state index in [1.54, 1.807) is 9.36 Å². The largest absolute Gasteiger partial charge is 0.329 e. The molecule has 0 atom stereocenters. The molecule has 0 spiro atoms. The molecule has 2 aromatic heterocycles. The standard InChI is InChI=1S/C9H14ClN7S/c1-6-8(10)7(16(2)13-6)5-18-9-12-14-15-17(9)4-3-11/h3-5,11H2,1-2H3. The van der Waals surface area contributed by atoms with Gasteiger partial charge in [-0.25, -0.2) is 4.68 Å². The molecule has 2 N–H and O–H groups in total. The Bertz CT molecular complexity index is 535. The van der Waals surface area contributed by atoms with Crippen molar-refractivity contribution in [3.63, 3.8) is 0 Å². The third kappa shape index (κ3) is 2.65. The number of aromatic nitrogens is 6. The van der Waals surface area contributed by atoms with E-state index in [9.17, 15) is 0 Å². The summed E-state index contributed by atoms with van der Waals surface area (Å²) < 4.78 is 3.46. The van der Waals surface area contributed by atoms with Gasteiger partial charge in [-0.05, 0) is 17.4 Å². The van der Waals surface area contributed by atoms with Crippen LogP contribution in [0.15, 0.2) is 5.16 Å². The van der Waals surface area contributed by atoms with Crippen molar-refractivity contribution in [3.05, 3.63) is 16.4 Å². The molecule has 2 aromatic rings. The quantitative estimate of drug-likeness (QED) is 0.811. The van der Waals surface area contributed by atoms with Crippen molar-refractivity contribution in [3.8, 4) is 0 Å². The number of hydrogen-bond donors (Lipinski definition) is 1. The van der Waals surface area contributed by atoms with Gasteiger partial charge in [0.25, 0.3) is 0 Å². The minimum absolute atomic E-state index is 0.504. The van der Waals surface area contributed by atoms with Gasteiger partial charge < -0.3 is 5.73 Å². The van der Waals surface area contributed by atoms with Crippen molar-refractivity contribution in [1.82, 2.24) is 30.0 Å². The smallest absolute Gasteiger partial charge is 0.209 e. The second-order valence-corrected chi connectivity index (χ2v) is 5.05. The number of halogens is 1. The fourth-order valence-electron chi connectivity index (χ4n) is 1.53. The van der Waals surface area contributed by atoms with Crippen LogP contribution in [0.2, 0.25) is 5.02 Å². The van der Waals surface area contributed by atoms with E-state index < -0.39 is 0 Å². The fraction of sp³-hybridized carbons (Fsp3) is 0.556. The van der Waals surface area contributed by atoms with Crippen molar-refractivity contribution in [2.24, 2.45) is 12.8 Å². The molecule has 2 heterocycles. The maximum absolute atomic E-state index is 6.18. The lowest BCUT2D eigenvalue weighted by molar-refractivity contribution is 0.556. The molecule has 0 saturated heterocycles. The summed E-state index contributed by atoms with van der Waals surface area (Å²) in [6.07, 6.45) is 0. The van der Waals surface area contributed by atoms with Gasteiger partial charge in [0, 0.05) is 19.3 Å². The van der Waals surface area contributed by atoms with E-state index in [1.807, 2.05) is 14.0 Å². The van der Waals surface area contributed by atoms with Gasteiger partial charge in [0.1, 0.15) is 0 Å². The average Bonchev–Trinajstić information content (AvgIpc) is 2.85. The molecule has 0 bridgehead atoms. The molecule has 7 nitrogen and oxygen atoms in total. The highest BCUT2D eigenvalue weighted by atomic mass is 35.5. The number of aryl methyl sites for hydroxylation is 2. The van der Waals surface area contributed by atoms with Crippen LogP contribution in [-0.2, 0) is 19.3 Å². The van der Waals surface area contributed by atoms with Crippen molar-refractivity contribution in [2.45, 2.75) is 24.4 Å². The molecular weight excluding hydrogens is 274 g/mol. The van der Waals surface area contributed by atoms with Crippen LogP contribution in [0, 0.1) is 6.92 Å². The Morgan fingerprint density at radius 3 is 2.83 bits per heavy atom. The van der Waals surface area contributed by atoms with Gasteiger partial charge >= 0.3 is 0 Å². The molecule has 0 aliphatic heterocycles. The summed E-state index contributed by atoms with van der Waals surface area (Å²) >= 11 is 7.69. The predicted octanol–water partition coefficient (Wildman–Crippen LogP) is 0.619. The van der Waals surface area contributed by atoms with Crippen LogP contribution in [-0.4, -0.2) is 36.5 Å². The van der Waals surface area contributed by atoms with E-state index in [1.165, 1.54) is 11.8 Å². The molecule has 2 rings (SSSR count). The first-order valence-corrected chi connectivity index (χ1v) is 6.77. The minimum atomic E-state index is 0.504. The summed E-state index contributed by atoms with van der Waals surface area (Å²) in [7, 11) is 1.87. The number of rotatable bonds is 5. The summed E-state index contributed by atoms with van der Waals surface area (Å²) in [6, 6.07) is 0. The maximum atomic E-state index is 6.18. The summed E-state index contributed by atoms with van der Waals surface area (Å²) in [5.41, 5.74) is 7.28. The number of thioether (sulfide) groups is 1. The van der Waals surface area contributed by atoms with Gasteiger partial charge in [0.15, 0.2) is 0 Å². The molecule has 0 radical (unpaired) electrons. The predicted molar refractivity (Wildman–Crippen MR) is 69.4 cm³/mol. The fourth-order valence-corrected chi connectivity index (χ4v) is 2.81. The Morgan fingerprint density at radius 2 is 2.22 bits per heavy atom. The molecule has 9 heteroatoms.